The first kappa shape index (κ1) is 22.8. The Morgan fingerprint density at radius 2 is 1.97 bits per heavy atom. The number of allylic oxidation sites excluding steroid dienone is 1. The van der Waals surface area contributed by atoms with Gasteiger partial charge in [0.2, 0.25) is 5.88 Å². The third-order valence-corrected chi connectivity index (χ3v) is 7.44. The number of nitrogens with zero attached hydrogens (tertiary/aromatic N) is 1. The molecule has 4 aromatic rings. The van der Waals surface area contributed by atoms with Gasteiger partial charge < -0.3 is 19.9 Å². The van der Waals surface area contributed by atoms with Crippen LogP contribution >= 0.6 is 22.9 Å². The maximum atomic E-state index is 12.9. The van der Waals surface area contributed by atoms with Gasteiger partial charge in [-0.15, -0.1) is 11.3 Å². The zero-order valence-electron chi connectivity index (χ0n) is 18.8. The highest BCUT2D eigenvalue weighted by Gasteiger charge is 2.31. The van der Waals surface area contributed by atoms with Crippen molar-refractivity contribution in [1.29, 1.82) is 5.26 Å². The number of ether oxygens (including phenoxy) is 3. The van der Waals surface area contributed by atoms with Crippen LogP contribution in [-0.4, -0.2) is 13.1 Å². The summed E-state index contributed by atoms with van der Waals surface area (Å²) in [5, 5.41) is 10.9. The molecule has 0 saturated heterocycles. The molecule has 2 N–H and O–H groups in total. The topological polar surface area (TPSA) is 94.6 Å². The van der Waals surface area contributed by atoms with Gasteiger partial charge in [0.25, 0.3) is 0 Å². The average Bonchev–Trinajstić information content (AvgIpc) is 3.18. The molecule has 174 valence electrons. The number of methoxy groups -OCH3 is 1. The number of halogens is 1. The second kappa shape index (κ2) is 8.99. The Morgan fingerprint density at radius 1 is 1.14 bits per heavy atom. The number of benzene rings is 3. The van der Waals surface area contributed by atoms with Crippen molar-refractivity contribution in [2.45, 2.75) is 12.8 Å². The molecule has 0 spiro atoms. The maximum absolute atomic E-state index is 12.9. The molecule has 0 amide bonds. The summed E-state index contributed by atoms with van der Waals surface area (Å²) in [6.07, 6.45) is 0. The van der Waals surface area contributed by atoms with Crippen LogP contribution in [0.4, 0.5) is 0 Å². The van der Waals surface area contributed by atoms with Crippen LogP contribution in [0.3, 0.4) is 0 Å². The van der Waals surface area contributed by atoms with E-state index >= 15 is 0 Å². The average molecular weight is 503 g/mol. The van der Waals surface area contributed by atoms with Crippen LogP contribution in [0.1, 0.15) is 32.3 Å². The minimum atomic E-state index is -0.560. The number of thiophene rings is 1. The van der Waals surface area contributed by atoms with Gasteiger partial charge in [0.05, 0.1) is 18.1 Å². The molecular formula is C27H19ClN2O4S. The molecule has 5 rings (SSSR count). The van der Waals surface area contributed by atoms with Gasteiger partial charge in [-0.25, -0.2) is 4.79 Å². The quantitative estimate of drug-likeness (QED) is 0.259. The lowest BCUT2D eigenvalue weighted by atomic mass is 9.83. The fraction of sp³-hybridized carbons (Fsp3) is 0.111. The van der Waals surface area contributed by atoms with E-state index in [9.17, 15) is 10.1 Å². The molecule has 1 aliphatic rings. The van der Waals surface area contributed by atoms with Gasteiger partial charge >= 0.3 is 5.97 Å². The first-order chi connectivity index (χ1) is 16.9. The van der Waals surface area contributed by atoms with E-state index in [1.165, 1.54) is 11.3 Å². The maximum Gasteiger partial charge on any atom is 0.355 e. The zero-order chi connectivity index (χ0) is 24.7. The highest BCUT2D eigenvalue weighted by atomic mass is 35.5. The highest BCUT2D eigenvalue weighted by molar-refractivity contribution is 7.21. The molecule has 0 saturated carbocycles. The summed E-state index contributed by atoms with van der Waals surface area (Å²) in [4.78, 5) is 13.3. The Morgan fingerprint density at radius 3 is 2.74 bits per heavy atom. The fourth-order valence-electron chi connectivity index (χ4n) is 4.12. The van der Waals surface area contributed by atoms with Crippen LogP contribution in [-0.2, 0) is 0 Å². The molecule has 35 heavy (non-hydrogen) atoms. The van der Waals surface area contributed by atoms with Crippen LogP contribution in [0.25, 0.3) is 10.1 Å². The van der Waals surface area contributed by atoms with Crippen molar-refractivity contribution in [3.05, 3.63) is 98.7 Å². The molecule has 0 fully saturated rings. The number of fused-ring (bicyclic) bond motifs is 2. The van der Waals surface area contributed by atoms with E-state index in [2.05, 4.69) is 6.07 Å². The molecular weight excluding hydrogens is 484 g/mol. The van der Waals surface area contributed by atoms with Gasteiger partial charge in [0.1, 0.15) is 33.8 Å². The molecule has 1 unspecified atom stereocenters. The highest BCUT2D eigenvalue weighted by Crippen LogP contribution is 2.44. The summed E-state index contributed by atoms with van der Waals surface area (Å²) in [7, 11) is 1.58. The Kier molecular flexibility index (Phi) is 5.85. The number of hydrogen-bond donors (Lipinski definition) is 1. The van der Waals surface area contributed by atoms with Crippen molar-refractivity contribution in [2.75, 3.05) is 7.11 Å². The summed E-state index contributed by atoms with van der Waals surface area (Å²) in [6.45, 7) is 1.98. The number of hydrogen-bond acceptors (Lipinski definition) is 7. The number of nitriles is 1. The SMILES string of the molecule is COc1cccc(C2C(C#N)=C(N)Oc3cc(OC(=O)c4sc5cc(C)ccc5c4Cl)ccc32)c1. The minimum absolute atomic E-state index is 0.000725. The number of carbonyl (C=O) groups excluding carboxylic acids is 1. The predicted octanol–water partition coefficient (Wildman–Crippen LogP) is 6.31. The lowest BCUT2D eigenvalue weighted by molar-refractivity contribution is 0.0740. The summed E-state index contributed by atoms with van der Waals surface area (Å²) in [5.74, 6) is 0.319. The van der Waals surface area contributed by atoms with Gasteiger partial charge in [0.15, 0.2) is 0 Å². The molecule has 1 atom stereocenters. The molecule has 3 aromatic carbocycles. The molecule has 2 heterocycles. The van der Waals surface area contributed by atoms with Crippen molar-refractivity contribution in [2.24, 2.45) is 5.73 Å². The zero-order valence-corrected chi connectivity index (χ0v) is 20.4. The molecule has 1 aromatic heterocycles. The fourth-order valence-corrected chi connectivity index (χ4v) is 5.60. The summed E-state index contributed by atoms with van der Waals surface area (Å²) >= 11 is 7.76. The van der Waals surface area contributed by atoms with E-state index < -0.39 is 11.9 Å². The van der Waals surface area contributed by atoms with Gasteiger partial charge in [-0.3, -0.25) is 0 Å². The first-order valence-electron chi connectivity index (χ1n) is 10.7. The van der Waals surface area contributed by atoms with Gasteiger partial charge in [-0.2, -0.15) is 5.26 Å². The van der Waals surface area contributed by atoms with E-state index in [0.717, 1.165) is 26.8 Å². The Hall–Kier alpha value is -3.99. The number of nitrogens with two attached hydrogens (primary N) is 1. The largest absolute Gasteiger partial charge is 0.497 e. The van der Waals surface area contributed by atoms with Crippen molar-refractivity contribution >= 4 is 39.0 Å². The molecule has 1 aliphatic heterocycles. The number of carbonyl (C=O) groups is 1. The summed E-state index contributed by atoms with van der Waals surface area (Å²) < 4.78 is 17.6. The Labute approximate surface area is 210 Å². The van der Waals surface area contributed by atoms with Crippen molar-refractivity contribution < 1.29 is 19.0 Å². The third-order valence-electron chi connectivity index (χ3n) is 5.80. The monoisotopic (exact) mass is 502 g/mol. The molecule has 8 heteroatoms. The standard InChI is InChI=1S/C27H19ClN2O4S/c1-14-6-8-19-22(10-14)35-25(24(19)28)27(31)33-17-7-9-18-21(12-17)34-26(30)20(13-29)23(18)15-4-3-5-16(11-15)32-2/h3-12,23H,30H2,1-2H3. The van der Waals surface area contributed by atoms with Crippen LogP contribution in [0, 0.1) is 18.3 Å². The van der Waals surface area contributed by atoms with E-state index in [1.54, 1.807) is 25.3 Å². The number of rotatable bonds is 4. The number of esters is 1. The van der Waals surface area contributed by atoms with E-state index in [0.29, 0.717) is 27.0 Å². The summed E-state index contributed by atoms with van der Waals surface area (Å²) in [5.41, 5.74) is 9.02. The van der Waals surface area contributed by atoms with Crippen molar-refractivity contribution in [3.63, 3.8) is 0 Å². The molecule has 6 nitrogen and oxygen atoms in total. The van der Waals surface area contributed by atoms with E-state index in [4.69, 9.17) is 31.5 Å². The van der Waals surface area contributed by atoms with Gasteiger partial charge in [-0.05, 0) is 42.3 Å². The Balaban J connectivity index is 1.49. The predicted molar refractivity (Wildman–Crippen MR) is 135 cm³/mol. The van der Waals surface area contributed by atoms with E-state index in [-0.39, 0.29) is 11.6 Å². The van der Waals surface area contributed by atoms with Crippen LogP contribution in [0.2, 0.25) is 5.02 Å². The third kappa shape index (κ3) is 4.08. The lowest BCUT2D eigenvalue weighted by Gasteiger charge is -2.27. The summed E-state index contributed by atoms with van der Waals surface area (Å²) in [6, 6.07) is 20.4. The molecule has 0 aliphatic carbocycles. The van der Waals surface area contributed by atoms with Gasteiger partial charge in [0, 0.05) is 21.7 Å². The molecule has 0 radical (unpaired) electrons. The number of aryl methyl sites for hydroxylation is 1. The van der Waals surface area contributed by atoms with E-state index in [1.807, 2.05) is 49.4 Å². The normalized spacial score (nSPS) is 14.7. The minimum Gasteiger partial charge on any atom is -0.497 e. The second-order valence-electron chi connectivity index (χ2n) is 8.04. The van der Waals surface area contributed by atoms with Gasteiger partial charge in [-0.1, -0.05) is 41.9 Å². The van der Waals surface area contributed by atoms with Crippen LogP contribution in [0.5, 0.6) is 17.2 Å². The first-order valence-corrected chi connectivity index (χ1v) is 11.9. The second-order valence-corrected chi connectivity index (χ2v) is 9.47. The Bertz CT molecular complexity index is 1570. The van der Waals surface area contributed by atoms with Crippen LogP contribution in [0.15, 0.2) is 72.1 Å². The smallest absolute Gasteiger partial charge is 0.355 e. The van der Waals surface area contributed by atoms with Crippen LogP contribution < -0.4 is 19.9 Å². The molecule has 0 bridgehead atoms. The van der Waals surface area contributed by atoms with Crippen molar-refractivity contribution in [1.82, 2.24) is 0 Å². The lowest BCUT2D eigenvalue weighted by Crippen LogP contribution is -2.21. The van der Waals surface area contributed by atoms with Crippen molar-refractivity contribution in [3.8, 4) is 23.3 Å².